The lowest BCUT2D eigenvalue weighted by Gasteiger charge is -2.19. The predicted octanol–water partition coefficient (Wildman–Crippen LogP) is 2.41. The molecule has 0 amide bonds. The summed E-state index contributed by atoms with van der Waals surface area (Å²) in [5, 5.41) is 19.2. The molecule has 0 spiro atoms. The standard InChI is InChI=1S/C18H20O6/c1-22-15-10-13(16(19)17(23-2)18(20)21)8-9-14(15)24-11-12-6-4-3-5-7-12/h3-10,16-17,19H,11H2,1-2H3,(H,20,21). The van der Waals surface area contributed by atoms with Crippen molar-refractivity contribution in [3.05, 3.63) is 59.7 Å². The van der Waals surface area contributed by atoms with Gasteiger partial charge in [-0.25, -0.2) is 4.79 Å². The van der Waals surface area contributed by atoms with Crippen LogP contribution in [0.5, 0.6) is 11.5 Å². The van der Waals surface area contributed by atoms with Crippen LogP contribution in [0.3, 0.4) is 0 Å². The molecule has 0 heterocycles. The fourth-order valence-corrected chi connectivity index (χ4v) is 2.26. The Labute approximate surface area is 140 Å². The number of carbonyl (C=O) groups is 1. The maximum Gasteiger partial charge on any atom is 0.335 e. The van der Waals surface area contributed by atoms with E-state index < -0.39 is 18.2 Å². The number of methoxy groups -OCH3 is 2. The number of carboxylic acids is 1. The number of aliphatic hydroxyl groups excluding tert-OH is 1. The monoisotopic (exact) mass is 332 g/mol. The van der Waals surface area contributed by atoms with E-state index in [0.717, 1.165) is 5.56 Å². The van der Waals surface area contributed by atoms with E-state index in [4.69, 9.17) is 19.3 Å². The lowest BCUT2D eigenvalue weighted by atomic mass is 10.0. The first-order valence-corrected chi connectivity index (χ1v) is 7.35. The Morgan fingerprint density at radius 1 is 1.08 bits per heavy atom. The van der Waals surface area contributed by atoms with Crippen LogP contribution in [0.25, 0.3) is 0 Å². The van der Waals surface area contributed by atoms with E-state index in [1.807, 2.05) is 30.3 Å². The molecule has 2 N–H and O–H groups in total. The van der Waals surface area contributed by atoms with Crippen molar-refractivity contribution in [2.24, 2.45) is 0 Å². The van der Waals surface area contributed by atoms with Crippen LogP contribution in [-0.2, 0) is 16.1 Å². The molecule has 2 unspecified atom stereocenters. The van der Waals surface area contributed by atoms with Gasteiger partial charge in [0.2, 0.25) is 0 Å². The first-order chi connectivity index (χ1) is 11.6. The van der Waals surface area contributed by atoms with E-state index in [-0.39, 0.29) is 0 Å². The molecular formula is C18H20O6. The molecule has 0 aliphatic rings. The highest BCUT2D eigenvalue weighted by atomic mass is 16.5. The van der Waals surface area contributed by atoms with Gasteiger partial charge in [0.25, 0.3) is 0 Å². The molecule has 6 nitrogen and oxygen atoms in total. The number of ether oxygens (including phenoxy) is 3. The van der Waals surface area contributed by atoms with Crippen LogP contribution in [0.2, 0.25) is 0 Å². The minimum absolute atomic E-state index is 0.369. The summed E-state index contributed by atoms with van der Waals surface area (Å²) in [6, 6.07) is 14.4. The number of benzene rings is 2. The zero-order valence-electron chi connectivity index (χ0n) is 13.5. The minimum Gasteiger partial charge on any atom is -0.493 e. The highest BCUT2D eigenvalue weighted by Gasteiger charge is 2.28. The molecular weight excluding hydrogens is 312 g/mol. The van der Waals surface area contributed by atoms with Crippen LogP contribution in [-0.4, -0.2) is 36.5 Å². The second-order valence-corrected chi connectivity index (χ2v) is 5.12. The maximum absolute atomic E-state index is 11.1. The summed E-state index contributed by atoms with van der Waals surface area (Å²) >= 11 is 0. The third-order valence-electron chi connectivity index (χ3n) is 3.55. The molecule has 2 aromatic rings. The Bertz CT molecular complexity index is 670. The third kappa shape index (κ3) is 4.24. The molecule has 6 heteroatoms. The van der Waals surface area contributed by atoms with Gasteiger partial charge < -0.3 is 24.4 Å². The fraction of sp³-hybridized carbons (Fsp3) is 0.278. The SMILES string of the molecule is COc1cc(C(O)C(OC)C(=O)O)ccc1OCc1ccccc1. The van der Waals surface area contributed by atoms with Crippen molar-refractivity contribution >= 4 is 5.97 Å². The molecule has 0 radical (unpaired) electrons. The Hall–Kier alpha value is -2.57. The summed E-state index contributed by atoms with van der Waals surface area (Å²) in [6.07, 6.45) is -2.67. The molecule has 0 bridgehead atoms. The molecule has 0 fully saturated rings. The number of rotatable bonds is 8. The minimum atomic E-state index is -1.36. The van der Waals surface area contributed by atoms with Gasteiger partial charge in [0.15, 0.2) is 17.6 Å². The van der Waals surface area contributed by atoms with Crippen LogP contribution < -0.4 is 9.47 Å². The summed E-state index contributed by atoms with van der Waals surface area (Å²) in [5.41, 5.74) is 1.38. The average Bonchev–Trinajstić information content (AvgIpc) is 2.60. The smallest absolute Gasteiger partial charge is 0.335 e. The van der Waals surface area contributed by atoms with E-state index in [0.29, 0.717) is 23.7 Å². The first-order valence-electron chi connectivity index (χ1n) is 7.35. The highest BCUT2D eigenvalue weighted by Crippen LogP contribution is 2.32. The fourth-order valence-electron chi connectivity index (χ4n) is 2.26. The largest absolute Gasteiger partial charge is 0.493 e. The Balaban J connectivity index is 2.16. The highest BCUT2D eigenvalue weighted by molar-refractivity contribution is 5.73. The van der Waals surface area contributed by atoms with Crippen molar-refractivity contribution in [3.63, 3.8) is 0 Å². The average molecular weight is 332 g/mol. The van der Waals surface area contributed by atoms with Gasteiger partial charge in [-0.3, -0.25) is 0 Å². The van der Waals surface area contributed by atoms with Crippen LogP contribution >= 0.6 is 0 Å². The van der Waals surface area contributed by atoms with Gasteiger partial charge in [-0.15, -0.1) is 0 Å². The normalized spacial score (nSPS) is 13.1. The lowest BCUT2D eigenvalue weighted by molar-refractivity contribution is -0.155. The Kier molecular flexibility index (Phi) is 6.17. The molecule has 0 aliphatic carbocycles. The summed E-state index contributed by atoms with van der Waals surface area (Å²) in [7, 11) is 2.71. The van der Waals surface area contributed by atoms with Crippen LogP contribution in [0.4, 0.5) is 0 Å². The maximum atomic E-state index is 11.1. The number of hydrogen-bond acceptors (Lipinski definition) is 5. The zero-order valence-corrected chi connectivity index (χ0v) is 13.5. The van der Waals surface area contributed by atoms with E-state index in [1.165, 1.54) is 14.2 Å². The summed E-state index contributed by atoms with van der Waals surface area (Å²) < 4.78 is 15.8. The van der Waals surface area contributed by atoms with Gasteiger partial charge in [-0.1, -0.05) is 36.4 Å². The number of carboxylic acid groups (broad SMARTS) is 1. The van der Waals surface area contributed by atoms with Gasteiger partial charge in [-0.2, -0.15) is 0 Å². The van der Waals surface area contributed by atoms with Gasteiger partial charge in [-0.05, 0) is 23.3 Å². The second kappa shape index (κ2) is 8.33. The summed E-state index contributed by atoms with van der Waals surface area (Å²) in [5.74, 6) is -0.335. The van der Waals surface area contributed by atoms with E-state index >= 15 is 0 Å². The van der Waals surface area contributed by atoms with Crippen molar-refractivity contribution in [2.45, 2.75) is 18.8 Å². The van der Waals surface area contributed by atoms with Crippen molar-refractivity contribution < 1.29 is 29.2 Å². The molecule has 128 valence electrons. The molecule has 0 saturated heterocycles. The Morgan fingerprint density at radius 2 is 1.79 bits per heavy atom. The summed E-state index contributed by atoms with van der Waals surface area (Å²) in [4.78, 5) is 11.1. The molecule has 2 atom stereocenters. The van der Waals surface area contributed by atoms with Crippen LogP contribution in [0, 0.1) is 0 Å². The van der Waals surface area contributed by atoms with E-state index in [1.54, 1.807) is 18.2 Å². The predicted molar refractivity (Wildman–Crippen MR) is 87.2 cm³/mol. The Morgan fingerprint density at radius 3 is 2.38 bits per heavy atom. The van der Waals surface area contributed by atoms with Crippen molar-refractivity contribution in [3.8, 4) is 11.5 Å². The van der Waals surface area contributed by atoms with Crippen LogP contribution in [0.1, 0.15) is 17.2 Å². The molecule has 0 saturated carbocycles. The van der Waals surface area contributed by atoms with Crippen molar-refractivity contribution in [1.29, 1.82) is 0 Å². The number of hydrogen-bond donors (Lipinski definition) is 2. The molecule has 2 rings (SSSR count). The first kappa shape index (κ1) is 17.8. The molecule has 0 aliphatic heterocycles. The zero-order chi connectivity index (χ0) is 17.5. The summed E-state index contributed by atoms with van der Waals surface area (Å²) in [6.45, 7) is 0.370. The third-order valence-corrected chi connectivity index (χ3v) is 3.55. The van der Waals surface area contributed by atoms with Gasteiger partial charge in [0, 0.05) is 7.11 Å². The number of aliphatic hydroxyl groups is 1. The molecule has 0 aromatic heterocycles. The molecule has 24 heavy (non-hydrogen) atoms. The van der Waals surface area contributed by atoms with Gasteiger partial charge >= 0.3 is 5.97 Å². The van der Waals surface area contributed by atoms with E-state index in [9.17, 15) is 9.90 Å². The van der Waals surface area contributed by atoms with Crippen molar-refractivity contribution in [1.82, 2.24) is 0 Å². The van der Waals surface area contributed by atoms with E-state index in [2.05, 4.69) is 0 Å². The molecule has 2 aromatic carbocycles. The lowest BCUT2D eigenvalue weighted by Crippen LogP contribution is -2.29. The van der Waals surface area contributed by atoms with Crippen LogP contribution in [0.15, 0.2) is 48.5 Å². The van der Waals surface area contributed by atoms with Gasteiger partial charge in [0.1, 0.15) is 12.7 Å². The number of aliphatic carboxylic acids is 1. The quantitative estimate of drug-likeness (QED) is 0.772. The van der Waals surface area contributed by atoms with Crippen molar-refractivity contribution in [2.75, 3.05) is 14.2 Å². The van der Waals surface area contributed by atoms with Gasteiger partial charge in [0.05, 0.1) is 7.11 Å². The topological polar surface area (TPSA) is 85.2 Å². The second-order valence-electron chi connectivity index (χ2n) is 5.12.